The maximum absolute atomic E-state index is 7.57. The first-order chi connectivity index (χ1) is 4.81. The first-order valence-corrected chi connectivity index (χ1v) is 3.37. The molecule has 1 rings (SSSR count). The minimum absolute atomic E-state index is 0.189. The second-order valence-electron chi connectivity index (χ2n) is 1.90. The lowest BCUT2D eigenvalue weighted by molar-refractivity contribution is -0.546. The third-order valence-electron chi connectivity index (χ3n) is 0.859. The zero-order valence-electron chi connectivity index (χ0n) is 6.37. The fraction of sp³-hybridized carbons (Fsp3) is 1.00. The summed E-state index contributed by atoms with van der Waals surface area (Å²) in [6.45, 7) is 4.50. The third kappa shape index (κ3) is 5.97. The first-order valence-electron chi connectivity index (χ1n) is 3.37. The summed E-state index contributed by atoms with van der Waals surface area (Å²) in [5.41, 5.74) is 0. The fourth-order valence-corrected chi connectivity index (χ4v) is 0.391. The Kier molecular flexibility index (Phi) is 6.84. The van der Waals surface area contributed by atoms with E-state index in [-0.39, 0.29) is 12.7 Å². The van der Waals surface area contributed by atoms with Gasteiger partial charge < -0.3 is 5.11 Å². The molecule has 1 N–H and O–H groups in total. The molecule has 1 atom stereocenters. The SMILES string of the molecule is CCO.C[C@H]1CCOOO1. The zero-order chi connectivity index (χ0) is 7.82. The van der Waals surface area contributed by atoms with Gasteiger partial charge in [-0.05, 0) is 13.8 Å². The molecule has 0 unspecified atom stereocenters. The molecule has 0 aliphatic carbocycles. The van der Waals surface area contributed by atoms with Crippen molar-refractivity contribution in [3.63, 3.8) is 0 Å². The average molecular weight is 150 g/mol. The van der Waals surface area contributed by atoms with E-state index in [1.165, 1.54) is 0 Å². The molecular formula is C6H14O4. The molecule has 1 fully saturated rings. The van der Waals surface area contributed by atoms with Gasteiger partial charge in [0.25, 0.3) is 0 Å². The molecule has 0 aromatic carbocycles. The van der Waals surface area contributed by atoms with E-state index in [9.17, 15) is 0 Å². The van der Waals surface area contributed by atoms with Gasteiger partial charge in [-0.3, -0.25) is 0 Å². The van der Waals surface area contributed by atoms with Crippen LogP contribution >= 0.6 is 0 Å². The van der Waals surface area contributed by atoms with Crippen LogP contribution in [0, 0.1) is 0 Å². The van der Waals surface area contributed by atoms with Crippen molar-refractivity contribution in [3.8, 4) is 0 Å². The Labute approximate surface area is 60.6 Å². The normalized spacial score (nSPS) is 24.9. The number of hydrogen-bond acceptors (Lipinski definition) is 4. The third-order valence-corrected chi connectivity index (χ3v) is 0.859. The molecule has 10 heavy (non-hydrogen) atoms. The molecule has 1 aliphatic rings. The van der Waals surface area contributed by atoms with Gasteiger partial charge in [-0.25, -0.2) is 9.78 Å². The van der Waals surface area contributed by atoms with Crippen LogP contribution in [0.3, 0.4) is 0 Å². The van der Waals surface area contributed by atoms with Gasteiger partial charge in [0, 0.05) is 13.0 Å². The molecule has 0 aromatic heterocycles. The van der Waals surface area contributed by atoms with Crippen molar-refractivity contribution in [2.75, 3.05) is 13.2 Å². The molecule has 1 aliphatic heterocycles. The summed E-state index contributed by atoms with van der Waals surface area (Å²) in [5, 5.41) is 11.8. The van der Waals surface area contributed by atoms with Gasteiger partial charge in [0.15, 0.2) is 0 Å². The molecule has 62 valence electrons. The van der Waals surface area contributed by atoms with E-state index in [0.29, 0.717) is 6.61 Å². The molecule has 1 saturated heterocycles. The summed E-state index contributed by atoms with van der Waals surface area (Å²) in [4.78, 5) is 8.97. The van der Waals surface area contributed by atoms with E-state index in [1.54, 1.807) is 6.92 Å². The molecular weight excluding hydrogens is 136 g/mol. The molecule has 0 aromatic rings. The monoisotopic (exact) mass is 150 g/mol. The predicted octanol–water partition coefficient (Wildman–Crippen LogP) is 0.657. The smallest absolute Gasteiger partial charge is 0.0956 e. The standard InChI is InChI=1S/C4H8O3.C2H6O/c1-4-2-3-5-7-6-4;1-2-3/h4H,2-3H2,1H3;3H,2H2,1H3/t4-;/m0./s1. The number of aliphatic hydroxyl groups excluding tert-OH is 1. The Hall–Kier alpha value is -0.160. The van der Waals surface area contributed by atoms with Crippen molar-refractivity contribution in [2.45, 2.75) is 26.4 Å². The molecule has 0 bridgehead atoms. The quantitative estimate of drug-likeness (QED) is 0.515. The van der Waals surface area contributed by atoms with Crippen LogP contribution in [0.25, 0.3) is 0 Å². The van der Waals surface area contributed by atoms with E-state index >= 15 is 0 Å². The lowest BCUT2D eigenvalue weighted by Gasteiger charge is -2.14. The first kappa shape index (κ1) is 9.84. The Morgan fingerprint density at radius 2 is 2.20 bits per heavy atom. The van der Waals surface area contributed by atoms with Gasteiger partial charge in [-0.15, -0.1) is 0 Å². The number of rotatable bonds is 0. The summed E-state index contributed by atoms with van der Waals surface area (Å²) in [5.74, 6) is 0. The summed E-state index contributed by atoms with van der Waals surface area (Å²) >= 11 is 0. The Morgan fingerprint density at radius 3 is 2.40 bits per heavy atom. The highest BCUT2D eigenvalue weighted by Crippen LogP contribution is 2.04. The van der Waals surface area contributed by atoms with E-state index in [2.05, 4.69) is 14.8 Å². The maximum atomic E-state index is 7.57. The lowest BCUT2D eigenvalue weighted by atomic mass is 10.3. The largest absolute Gasteiger partial charge is 0.397 e. The number of hydrogen-bond donors (Lipinski definition) is 1. The topological polar surface area (TPSA) is 47.9 Å². The highest BCUT2D eigenvalue weighted by molar-refractivity contribution is 4.45. The molecule has 1 heterocycles. The van der Waals surface area contributed by atoms with Gasteiger partial charge in [0.2, 0.25) is 0 Å². The van der Waals surface area contributed by atoms with Gasteiger partial charge in [-0.2, -0.15) is 0 Å². The van der Waals surface area contributed by atoms with Crippen LogP contribution in [-0.4, -0.2) is 24.4 Å². The highest BCUT2D eigenvalue weighted by Gasteiger charge is 2.08. The van der Waals surface area contributed by atoms with Crippen LogP contribution in [-0.2, 0) is 14.8 Å². The summed E-state index contributed by atoms with van der Waals surface area (Å²) < 4.78 is 0. The molecule has 0 spiro atoms. The van der Waals surface area contributed by atoms with E-state index < -0.39 is 0 Å². The minimum atomic E-state index is 0.189. The van der Waals surface area contributed by atoms with E-state index in [0.717, 1.165) is 6.42 Å². The summed E-state index contributed by atoms with van der Waals surface area (Å²) in [7, 11) is 0. The molecule has 0 radical (unpaired) electrons. The van der Waals surface area contributed by atoms with Crippen LogP contribution in [0.1, 0.15) is 20.3 Å². The maximum Gasteiger partial charge on any atom is 0.0956 e. The second kappa shape index (κ2) is 6.95. The van der Waals surface area contributed by atoms with Gasteiger partial charge >= 0.3 is 0 Å². The Bertz CT molecular complexity index is 60.8. The lowest BCUT2D eigenvalue weighted by Crippen LogP contribution is -2.18. The molecule has 4 nitrogen and oxygen atoms in total. The van der Waals surface area contributed by atoms with Gasteiger partial charge in [0.05, 0.1) is 12.7 Å². The molecule has 4 heteroatoms. The van der Waals surface area contributed by atoms with Crippen LogP contribution in [0.2, 0.25) is 0 Å². The average Bonchev–Trinajstić information content (AvgIpc) is 1.91. The Balaban J connectivity index is 0.000000236. The summed E-state index contributed by atoms with van der Waals surface area (Å²) in [6.07, 6.45) is 1.11. The van der Waals surface area contributed by atoms with E-state index in [4.69, 9.17) is 5.11 Å². The highest BCUT2D eigenvalue weighted by atomic mass is 17.5. The second-order valence-corrected chi connectivity index (χ2v) is 1.90. The van der Waals surface area contributed by atoms with Crippen molar-refractivity contribution in [1.82, 2.24) is 0 Å². The minimum Gasteiger partial charge on any atom is -0.397 e. The van der Waals surface area contributed by atoms with Crippen LogP contribution in [0.4, 0.5) is 0 Å². The molecule has 0 saturated carbocycles. The Morgan fingerprint density at radius 1 is 1.60 bits per heavy atom. The van der Waals surface area contributed by atoms with Crippen molar-refractivity contribution < 1.29 is 19.9 Å². The van der Waals surface area contributed by atoms with Crippen LogP contribution in [0.5, 0.6) is 0 Å². The zero-order valence-corrected chi connectivity index (χ0v) is 6.37. The predicted molar refractivity (Wildman–Crippen MR) is 35.0 cm³/mol. The van der Waals surface area contributed by atoms with Crippen molar-refractivity contribution in [1.29, 1.82) is 0 Å². The van der Waals surface area contributed by atoms with Crippen molar-refractivity contribution >= 4 is 0 Å². The molecule has 0 amide bonds. The van der Waals surface area contributed by atoms with Crippen molar-refractivity contribution in [3.05, 3.63) is 0 Å². The van der Waals surface area contributed by atoms with Crippen molar-refractivity contribution in [2.24, 2.45) is 0 Å². The summed E-state index contributed by atoms with van der Waals surface area (Å²) in [6, 6.07) is 0. The van der Waals surface area contributed by atoms with E-state index in [1.807, 2.05) is 6.92 Å². The number of aliphatic hydroxyl groups is 1. The van der Waals surface area contributed by atoms with Crippen LogP contribution in [0.15, 0.2) is 0 Å². The van der Waals surface area contributed by atoms with Crippen LogP contribution < -0.4 is 0 Å². The fourth-order valence-electron chi connectivity index (χ4n) is 0.391. The van der Waals surface area contributed by atoms with Gasteiger partial charge in [0.1, 0.15) is 0 Å². The van der Waals surface area contributed by atoms with Gasteiger partial charge in [-0.1, -0.05) is 5.04 Å².